The molecule has 0 aliphatic heterocycles. The molecule has 0 amide bonds. The number of nitrogens with zero attached hydrogens (tertiary/aromatic N) is 2. The molecule has 1 fully saturated rings. The van der Waals surface area contributed by atoms with Gasteiger partial charge in [-0.05, 0) is 18.9 Å². The summed E-state index contributed by atoms with van der Waals surface area (Å²) in [5.41, 5.74) is 1.54. The molecular weight excluding hydrogens is 264 g/mol. The van der Waals surface area contributed by atoms with Gasteiger partial charge in [-0.15, -0.1) is 0 Å². The molecule has 1 saturated carbocycles. The Morgan fingerprint density at radius 3 is 2.29 bits per heavy atom. The predicted molar refractivity (Wildman–Crippen MR) is 83.6 cm³/mol. The first-order valence-corrected chi connectivity index (χ1v) is 8.12. The van der Waals surface area contributed by atoms with Gasteiger partial charge in [-0.1, -0.05) is 52.9 Å². The summed E-state index contributed by atoms with van der Waals surface area (Å²) in [5, 5.41) is 4.59. The van der Waals surface area contributed by atoms with Crippen LogP contribution in [0.3, 0.4) is 0 Å². The molecule has 2 rings (SSSR count). The Morgan fingerprint density at radius 2 is 1.76 bits per heavy atom. The zero-order valence-electron chi connectivity index (χ0n) is 13.8. The van der Waals surface area contributed by atoms with Crippen molar-refractivity contribution in [2.45, 2.75) is 77.2 Å². The number of aromatic nitrogens is 2. The van der Waals surface area contributed by atoms with E-state index < -0.39 is 0 Å². The van der Waals surface area contributed by atoms with Crippen LogP contribution in [-0.4, -0.2) is 22.9 Å². The van der Waals surface area contributed by atoms with Crippen LogP contribution in [0.25, 0.3) is 0 Å². The third-order valence-electron chi connectivity index (χ3n) is 4.32. The highest BCUT2D eigenvalue weighted by Gasteiger charge is 2.27. The second-order valence-corrected chi connectivity index (χ2v) is 7.10. The number of methoxy groups -OCH3 is 1. The molecule has 4 heteroatoms. The minimum absolute atomic E-state index is 0.0262. The van der Waals surface area contributed by atoms with Crippen molar-refractivity contribution in [1.82, 2.24) is 9.78 Å². The third kappa shape index (κ3) is 3.86. The smallest absolute Gasteiger partial charge is 0.358 e. The molecule has 1 heterocycles. The van der Waals surface area contributed by atoms with Crippen molar-refractivity contribution in [1.29, 1.82) is 0 Å². The molecule has 1 aliphatic rings. The highest BCUT2D eigenvalue weighted by Crippen LogP contribution is 2.32. The maximum Gasteiger partial charge on any atom is 0.358 e. The van der Waals surface area contributed by atoms with E-state index in [1.54, 1.807) is 0 Å². The lowest BCUT2D eigenvalue weighted by atomic mass is 9.90. The van der Waals surface area contributed by atoms with Crippen molar-refractivity contribution in [3.8, 4) is 0 Å². The van der Waals surface area contributed by atoms with E-state index in [4.69, 9.17) is 4.74 Å². The normalized spacial score (nSPS) is 18.1. The Kier molecular flexibility index (Phi) is 5.07. The maximum absolute atomic E-state index is 11.8. The summed E-state index contributed by atoms with van der Waals surface area (Å²) >= 11 is 0. The van der Waals surface area contributed by atoms with Crippen molar-refractivity contribution < 1.29 is 9.53 Å². The SMILES string of the molecule is COC(=O)c1cc(C(C)(C)C)n(C2CCCCCCC2)n1. The van der Waals surface area contributed by atoms with Gasteiger partial charge in [0, 0.05) is 11.1 Å². The molecule has 21 heavy (non-hydrogen) atoms. The molecule has 0 aromatic carbocycles. The molecule has 0 radical (unpaired) electrons. The lowest BCUT2D eigenvalue weighted by Gasteiger charge is -2.27. The Hall–Kier alpha value is -1.32. The summed E-state index contributed by atoms with van der Waals surface area (Å²) in [6.07, 6.45) is 8.80. The van der Waals surface area contributed by atoms with Crippen LogP contribution in [0.1, 0.15) is 87.9 Å². The van der Waals surface area contributed by atoms with E-state index in [1.807, 2.05) is 6.07 Å². The first kappa shape index (κ1) is 16.1. The Morgan fingerprint density at radius 1 is 1.19 bits per heavy atom. The van der Waals surface area contributed by atoms with Gasteiger partial charge in [0.25, 0.3) is 0 Å². The number of carbonyl (C=O) groups excluding carboxylic acids is 1. The highest BCUT2D eigenvalue weighted by atomic mass is 16.5. The van der Waals surface area contributed by atoms with Crippen LogP contribution in [0.4, 0.5) is 0 Å². The van der Waals surface area contributed by atoms with E-state index in [0.29, 0.717) is 11.7 Å². The van der Waals surface area contributed by atoms with Crippen LogP contribution in [0.5, 0.6) is 0 Å². The van der Waals surface area contributed by atoms with Gasteiger partial charge in [-0.25, -0.2) is 4.79 Å². The fourth-order valence-electron chi connectivity index (χ4n) is 3.12. The molecule has 1 aromatic heterocycles. The quantitative estimate of drug-likeness (QED) is 0.765. The summed E-state index contributed by atoms with van der Waals surface area (Å²) in [7, 11) is 1.41. The van der Waals surface area contributed by atoms with Gasteiger partial charge in [0.05, 0.1) is 13.2 Å². The first-order chi connectivity index (χ1) is 9.93. The van der Waals surface area contributed by atoms with Crippen LogP contribution < -0.4 is 0 Å². The summed E-state index contributed by atoms with van der Waals surface area (Å²) in [4.78, 5) is 11.8. The van der Waals surface area contributed by atoms with Crippen molar-refractivity contribution in [3.05, 3.63) is 17.5 Å². The fraction of sp³-hybridized carbons (Fsp3) is 0.765. The van der Waals surface area contributed by atoms with Gasteiger partial charge >= 0.3 is 5.97 Å². The third-order valence-corrected chi connectivity index (χ3v) is 4.32. The molecular formula is C17H28N2O2. The van der Waals surface area contributed by atoms with Crippen LogP contribution in [0.15, 0.2) is 6.07 Å². The average Bonchev–Trinajstić information content (AvgIpc) is 2.82. The largest absolute Gasteiger partial charge is 0.464 e. The van der Waals surface area contributed by atoms with E-state index in [9.17, 15) is 4.79 Å². The van der Waals surface area contributed by atoms with Crippen molar-refractivity contribution in [2.75, 3.05) is 7.11 Å². The second kappa shape index (κ2) is 6.63. The van der Waals surface area contributed by atoms with Gasteiger partial charge < -0.3 is 4.74 Å². The van der Waals surface area contributed by atoms with E-state index >= 15 is 0 Å². The maximum atomic E-state index is 11.8. The second-order valence-electron chi connectivity index (χ2n) is 7.10. The number of hydrogen-bond acceptors (Lipinski definition) is 3. The van der Waals surface area contributed by atoms with E-state index in [2.05, 4.69) is 30.6 Å². The average molecular weight is 292 g/mol. The van der Waals surface area contributed by atoms with Crippen molar-refractivity contribution in [2.24, 2.45) is 0 Å². The van der Waals surface area contributed by atoms with E-state index in [-0.39, 0.29) is 11.4 Å². The molecule has 0 bridgehead atoms. The summed E-state index contributed by atoms with van der Waals surface area (Å²) in [6, 6.07) is 2.32. The molecule has 0 N–H and O–H groups in total. The molecule has 0 unspecified atom stereocenters. The highest BCUT2D eigenvalue weighted by molar-refractivity contribution is 5.87. The predicted octanol–water partition coefficient (Wildman–Crippen LogP) is 4.25. The van der Waals surface area contributed by atoms with Crippen LogP contribution in [-0.2, 0) is 10.2 Å². The molecule has 4 nitrogen and oxygen atoms in total. The molecule has 0 atom stereocenters. The minimum atomic E-state index is -0.343. The number of hydrogen-bond donors (Lipinski definition) is 0. The minimum Gasteiger partial charge on any atom is -0.464 e. The zero-order valence-corrected chi connectivity index (χ0v) is 13.8. The lowest BCUT2D eigenvalue weighted by Crippen LogP contribution is -2.22. The molecule has 118 valence electrons. The number of carbonyl (C=O) groups is 1. The Labute approximate surface area is 127 Å². The molecule has 0 saturated heterocycles. The van der Waals surface area contributed by atoms with Crippen LogP contribution >= 0.6 is 0 Å². The zero-order chi connectivity index (χ0) is 15.5. The molecule has 1 aliphatic carbocycles. The van der Waals surface area contributed by atoms with Gasteiger partial charge in [0.15, 0.2) is 5.69 Å². The number of rotatable bonds is 2. The van der Waals surface area contributed by atoms with Gasteiger partial charge in [-0.2, -0.15) is 5.10 Å². The van der Waals surface area contributed by atoms with Crippen molar-refractivity contribution >= 4 is 5.97 Å². The van der Waals surface area contributed by atoms with E-state index in [1.165, 1.54) is 39.2 Å². The standard InChI is InChI=1S/C17H28N2O2/c1-17(2,3)15-12-14(16(20)21-4)18-19(15)13-10-8-6-5-7-9-11-13/h12-13H,5-11H2,1-4H3. The molecule has 1 aromatic rings. The topological polar surface area (TPSA) is 44.1 Å². The summed E-state index contributed by atoms with van der Waals surface area (Å²) < 4.78 is 6.94. The van der Waals surface area contributed by atoms with Gasteiger partial charge in [0.2, 0.25) is 0 Å². The monoisotopic (exact) mass is 292 g/mol. The van der Waals surface area contributed by atoms with Gasteiger partial charge in [0.1, 0.15) is 0 Å². The summed E-state index contributed by atoms with van der Waals surface area (Å²) in [5.74, 6) is -0.343. The van der Waals surface area contributed by atoms with Gasteiger partial charge in [-0.3, -0.25) is 4.68 Å². The van der Waals surface area contributed by atoms with Crippen molar-refractivity contribution in [3.63, 3.8) is 0 Å². The lowest BCUT2D eigenvalue weighted by molar-refractivity contribution is 0.0592. The molecule has 0 spiro atoms. The first-order valence-electron chi connectivity index (χ1n) is 8.12. The Bertz CT molecular complexity index is 477. The fourth-order valence-corrected chi connectivity index (χ4v) is 3.12. The van der Waals surface area contributed by atoms with Crippen LogP contribution in [0, 0.1) is 0 Å². The summed E-state index contributed by atoms with van der Waals surface area (Å²) in [6.45, 7) is 6.51. The Balaban J connectivity index is 2.34. The van der Waals surface area contributed by atoms with Crippen LogP contribution in [0.2, 0.25) is 0 Å². The number of ether oxygens (including phenoxy) is 1. The van der Waals surface area contributed by atoms with E-state index in [0.717, 1.165) is 18.5 Å². The number of esters is 1.